The molecule has 1 radical (unpaired) electrons. The third-order valence-corrected chi connectivity index (χ3v) is 5.82. The van der Waals surface area contributed by atoms with Crippen LogP contribution in [-0.2, 0) is 48.8 Å². The number of carboxylic acids is 1. The number of hydrogen-bond donors (Lipinski definition) is 1. The average Bonchev–Trinajstić information content (AvgIpc) is 3.07. The SMILES string of the molecule is Cc1c[c-]cc(C)c1CN(CC(=O)O)C(=O)OCC1c2ccccc2-c2ccccc21.[Y]. The van der Waals surface area contributed by atoms with Crippen molar-refractivity contribution in [2.45, 2.75) is 26.3 Å². The van der Waals surface area contributed by atoms with E-state index in [1.807, 2.05) is 50.2 Å². The van der Waals surface area contributed by atoms with Gasteiger partial charge in [0.1, 0.15) is 13.2 Å². The fourth-order valence-electron chi connectivity index (χ4n) is 4.25. The fraction of sp³-hybridized carbons (Fsp3) is 0.231. The average molecular weight is 503 g/mol. The molecule has 5 nitrogen and oxygen atoms in total. The van der Waals surface area contributed by atoms with Gasteiger partial charge in [-0.15, -0.1) is 5.56 Å². The van der Waals surface area contributed by atoms with Gasteiger partial charge in [-0.1, -0.05) is 62.4 Å². The third-order valence-electron chi connectivity index (χ3n) is 5.82. The van der Waals surface area contributed by atoms with Crippen molar-refractivity contribution < 1.29 is 52.1 Å². The molecule has 0 bridgehead atoms. The van der Waals surface area contributed by atoms with E-state index in [-0.39, 0.29) is 51.8 Å². The van der Waals surface area contributed by atoms with Crippen molar-refractivity contribution in [3.63, 3.8) is 0 Å². The summed E-state index contributed by atoms with van der Waals surface area (Å²) in [5.74, 6) is -1.15. The van der Waals surface area contributed by atoms with E-state index in [9.17, 15) is 14.7 Å². The van der Waals surface area contributed by atoms with Crippen LogP contribution in [-0.4, -0.2) is 35.2 Å². The summed E-state index contributed by atoms with van der Waals surface area (Å²) in [5, 5.41) is 9.33. The summed E-state index contributed by atoms with van der Waals surface area (Å²) in [4.78, 5) is 25.6. The molecule has 0 unspecified atom stereocenters. The van der Waals surface area contributed by atoms with Gasteiger partial charge in [0.05, 0.1) is 0 Å². The summed E-state index contributed by atoms with van der Waals surface area (Å²) in [6.07, 6.45) is -0.629. The van der Waals surface area contributed by atoms with Crippen molar-refractivity contribution in [1.82, 2.24) is 4.90 Å². The molecule has 1 aliphatic rings. The maximum Gasteiger partial charge on any atom is 0.410 e. The number of carbonyl (C=O) groups is 2. The topological polar surface area (TPSA) is 66.8 Å². The summed E-state index contributed by atoms with van der Waals surface area (Å²) in [5.41, 5.74) is 7.36. The van der Waals surface area contributed by atoms with Crippen molar-refractivity contribution in [2.24, 2.45) is 0 Å². The summed E-state index contributed by atoms with van der Waals surface area (Å²) in [7, 11) is 0. The molecule has 0 spiro atoms. The zero-order valence-corrected chi connectivity index (χ0v) is 21.0. The van der Waals surface area contributed by atoms with Gasteiger partial charge in [-0.2, -0.15) is 29.3 Å². The van der Waals surface area contributed by atoms with E-state index in [4.69, 9.17) is 4.74 Å². The first-order valence-electron chi connectivity index (χ1n) is 10.2. The Labute approximate surface area is 213 Å². The van der Waals surface area contributed by atoms with Crippen LogP contribution < -0.4 is 0 Å². The van der Waals surface area contributed by atoms with Crippen LogP contribution in [0.25, 0.3) is 11.1 Å². The molecule has 1 N–H and O–H groups in total. The quantitative estimate of drug-likeness (QED) is 0.485. The van der Waals surface area contributed by atoms with Crippen LogP contribution in [0.5, 0.6) is 0 Å². The van der Waals surface area contributed by atoms with Gasteiger partial charge < -0.3 is 9.84 Å². The Morgan fingerprint density at radius 3 is 2.03 bits per heavy atom. The molecule has 3 aromatic carbocycles. The number of carboxylic acid groups (broad SMARTS) is 1. The molecule has 1 amide bonds. The molecule has 0 atom stereocenters. The number of fused-ring (bicyclic) bond motifs is 3. The maximum atomic E-state index is 12.9. The minimum Gasteiger partial charge on any atom is -0.480 e. The van der Waals surface area contributed by atoms with E-state index in [1.165, 1.54) is 4.90 Å². The van der Waals surface area contributed by atoms with Gasteiger partial charge in [0.25, 0.3) is 0 Å². The summed E-state index contributed by atoms with van der Waals surface area (Å²) < 4.78 is 5.67. The number of amides is 1. The number of aryl methyl sites for hydroxylation is 2. The Balaban J connectivity index is 0.00000289. The molecular weight excluding hydrogens is 479 g/mol. The molecule has 3 aromatic rings. The molecule has 0 fully saturated rings. The molecule has 6 heteroatoms. The number of aliphatic carboxylic acids is 1. The van der Waals surface area contributed by atoms with Gasteiger partial charge >= 0.3 is 12.1 Å². The second kappa shape index (κ2) is 10.4. The van der Waals surface area contributed by atoms with Crippen LogP contribution in [0.2, 0.25) is 0 Å². The van der Waals surface area contributed by atoms with E-state index < -0.39 is 18.6 Å². The zero-order chi connectivity index (χ0) is 22.0. The summed E-state index contributed by atoms with van der Waals surface area (Å²) >= 11 is 0. The smallest absolute Gasteiger partial charge is 0.410 e. The Hall–Kier alpha value is -2.50. The number of nitrogens with zero attached hydrogens (tertiary/aromatic N) is 1. The first-order chi connectivity index (χ1) is 15.0. The molecule has 0 heterocycles. The predicted molar refractivity (Wildman–Crippen MR) is 118 cm³/mol. The molecule has 0 aliphatic heterocycles. The number of benzene rings is 3. The Bertz CT molecular complexity index is 1080. The molecule has 32 heavy (non-hydrogen) atoms. The van der Waals surface area contributed by atoms with Crippen LogP contribution in [0.15, 0.2) is 60.7 Å². The van der Waals surface area contributed by atoms with Crippen molar-refractivity contribution in [2.75, 3.05) is 13.2 Å². The van der Waals surface area contributed by atoms with E-state index in [0.717, 1.165) is 38.9 Å². The molecular formula is C26H24NO4Y-. The Morgan fingerprint density at radius 1 is 0.969 bits per heavy atom. The molecule has 161 valence electrons. The van der Waals surface area contributed by atoms with Crippen molar-refractivity contribution >= 4 is 12.1 Å². The van der Waals surface area contributed by atoms with Crippen LogP contribution in [0.3, 0.4) is 0 Å². The van der Waals surface area contributed by atoms with Crippen molar-refractivity contribution in [3.05, 3.63) is 94.5 Å². The molecule has 0 saturated heterocycles. The van der Waals surface area contributed by atoms with Crippen LogP contribution in [0.4, 0.5) is 4.79 Å². The van der Waals surface area contributed by atoms with Crippen LogP contribution >= 0.6 is 0 Å². The van der Waals surface area contributed by atoms with Gasteiger partial charge in [0.15, 0.2) is 0 Å². The van der Waals surface area contributed by atoms with E-state index in [2.05, 4.69) is 30.3 Å². The Kier molecular flexibility index (Phi) is 7.86. The third kappa shape index (κ3) is 4.95. The van der Waals surface area contributed by atoms with Gasteiger partial charge in [-0.05, 0) is 22.3 Å². The molecule has 0 aromatic heterocycles. The second-order valence-corrected chi connectivity index (χ2v) is 7.85. The second-order valence-electron chi connectivity index (χ2n) is 7.85. The molecule has 1 aliphatic carbocycles. The van der Waals surface area contributed by atoms with Crippen LogP contribution in [0, 0.1) is 19.9 Å². The van der Waals surface area contributed by atoms with Gasteiger partial charge in [0.2, 0.25) is 0 Å². The Morgan fingerprint density at radius 2 is 1.50 bits per heavy atom. The predicted octanol–water partition coefficient (Wildman–Crippen LogP) is 4.94. The van der Waals surface area contributed by atoms with Crippen molar-refractivity contribution in [1.29, 1.82) is 0 Å². The first-order valence-corrected chi connectivity index (χ1v) is 10.2. The van der Waals surface area contributed by atoms with E-state index >= 15 is 0 Å². The van der Waals surface area contributed by atoms with E-state index in [1.54, 1.807) is 0 Å². The first kappa shape index (κ1) is 24.2. The minimum atomic E-state index is -1.08. The van der Waals surface area contributed by atoms with Crippen molar-refractivity contribution in [3.8, 4) is 11.1 Å². The molecule has 0 saturated carbocycles. The fourth-order valence-corrected chi connectivity index (χ4v) is 4.25. The zero-order valence-electron chi connectivity index (χ0n) is 18.2. The summed E-state index contributed by atoms with van der Waals surface area (Å²) in [6, 6.07) is 22.9. The van der Waals surface area contributed by atoms with Crippen LogP contribution in [0.1, 0.15) is 33.7 Å². The number of hydrogen-bond acceptors (Lipinski definition) is 3. The largest absolute Gasteiger partial charge is 0.480 e. The number of carbonyl (C=O) groups excluding carboxylic acids is 1. The maximum absolute atomic E-state index is 12.9. The number of ether oxygens (including phenoxy) is 1. The molecule has 4 rings (SSSR count). The number of rotatable bonds is 6. The van der Waals surface area contributed by atoms with Gasteiger partial charge in [0, 0.05) is 45.2 Å². The summed E-state index contributed by atoms with van der Waals surface area (Å²) in [6.45, 7) is 3.76. The van der Waals surface area contributed by atoms with Gasteiger partial charge in [-0.25, -0.2) is 4.79 Å². The minimum absolute atomic E-state index is 0. The standard InChI is InChI=1S/C26H24NO4.Y/c1-17-8-7-9-18(2)23(17)14-27(15-25(28)29)26(30)31-16-24-21-12-5-3-10-19(21)20-11-4-6-13-22(20)24;/h3-6,8-13,24H,14-16H2,1-2H3,(H,28,29);/q-1;. The van der Waals surface area contributed by atoms with Gasteiger partial charge in [-0.3, -0.25) is 9.69 Å². The van der Waals surface area contributed by atoms with E-state index in [0.29, 0.717) is 0 Å². The normalized spacial score (nSPS) is 11.8. The monoisotopic (exact) mass is 503 g/mol.